The van der Waals surface area contributed by atoms with Crippen molar-refractivity contribution in [2.24, 2.45) is 11.8 Å². The van der Waals surface area contributed by atoms with Gasteiger partial charge in [0.25, 0.3) is 0 Å². The minimum absolute atomic E-state index is 0.0663. The molecule has 1 unspecified atom stereocenters. The fraction of sp³-hybridized carbons (Fsp3) is 0.529. The molecule has 0 aliphatic carbocycles. The van der Waals surface area contributed by atoms with Crippen LogP contribution in [0.5, 0.6) is 0 Å². The maximum absolute atomic E-state index is 12.3. The van der Waals surface area contributed by atoms with E-state index in [1.54, 1.807) is 0 Å². The van der Waals surface area contributed by atoms with Crippen LogP contribution in [0.4, 0.5) is 5.69 Å². The summed E-state index contributed by atoms with van der Waals surface area (Å²) >= 11 is 0. The van der Waals surface area contributed by atoms with E-state index in [9.17, 15) is 14.7 Å². The first-order valence-electron chi connectivity index (χ1n) is 7.79. The van der Waals surface area contributed by atoms with Crippen LogP contribution >= 0.6 is 0 Å². The second-order valence-corrected chi connectivity index (χ2v) is 6.09. The number of likely N-dealkylation sites (tertiary alicyclic amines) is 1. The fourth-order valence-electron chi connectivity index (χ4n) is 2.88. The number of nitrogens with one attached hydrogen (secondary N) is 1. The minimum atomic E-state index is -0.780. The standard InChI is InChI=1S/C17H24N2O3/c1-4-13-5-7-14(8-6-13)18-16(20)12(3)19-9-11(2)15(10-19)17(21)22/h5-8,11-12,15H,4,9-10H2,1-3H3,(H,18,20)(H,21,22)/t11-,12?,15-/m1/s1. The molecule has 120 valence electrons. The molecule has 0 saturated carbocycles. The number of carbonyl (C=O) groups is 2. The molecule has 1 aliphatic rings. The quantitative estimate of drug-likeness (QED) is 0.875. The molecule has 5 heteroatoms. The zero-order chi connectivity index (χ0) is 16.3. The number of carboxylic acid groups (broad SMARTS) is 1. The summed E-state index contributed by atoms with van der Waals surface area (Å²) in [6.07, 6.45) is 0.965. The number of hydrogen-bond donors (Lipinski definition) is 2. The van der Waals surface area contributed by atoms with Crippen molar-refractivity contribution in [1.29, 1.82) is 0 Å². The van der Waals surface area contributed by atoms with Crippen molar-refractivity contribution in [3.05, 3.63) is 29.8 Å². The molecule has 5 nitrogen and oxygen atoms in total. The van der Waals surface area contributed by atoms with Crippen molar-refractivity contribution in [2.45, 2.75) is 33.2 Å². The number of carboxylic acids is 1. The highest BCUT2D eigenvalue weighted by atomic mass is 16.4. The summed E-state index contributed by atoms with van der Waals surface area (Å²) in [5, 5.41) is 12.1. The molecule has 1 heterocycles. The normalized spacial score (nSPS) is 23.2. The van der Waals surface area contributed by atoms with Gasteiger partial charge in [0.15, 0.2) is 0 Å². The molecule has 2 N–H and O–H groups in total. The van der Waals surface area contributed by atoms with Crippen LogP contribution in [-0.4, -0.2) is 41.0 Å². The van der Waals surface area contributed by atoms with Crippen LogP contribution in [0.25, 0.3) is 0 Å². The van der Waals surface area contributed by atoms with Gasteiger partial charge in [-0.3, -0.25) is 14.5 Å². The van der Waals surface area contributed by atoms with Crippen LogP contribution in [0, 0.1) is 11.8 Å². The molecule has 1 saturated heterocycles. The Morgan fingerprint density at radius 2 is 1.95 bits per heavy atom. The van der Waals surface area contributed by atoms with Gasteiger partial charge in [-0.2, -0.15) is 0 Å². The third-order valence-corrected chi connectivity index (χ3v) is 4.51. The van der Waals surface area contributed by atoms with E-state index in [0.29, 0.717) is 13.1 Å². The molecule has 0 aromatic heterocycles. The van der Waals surface area contributed by atoms with Crippen molar-refractivity contribution in [1.82, 2.24) is 4.90 Å². The number of rotatable bonds is 5. The van der Waals surface area contributed by atoms with Gasteiger partial charge in [-0.1, -0.05) is 26.0 Å². The predicted octanol–water partition coefficient (Wildman–Crippen LogP) is 2.23. The molecule has 1 aliphatic heterocycles. The lowest BCUT2D eigenvalue weighted by atomic mass is 9.99. The molecular formula is C17H24N2O3. The highest BCUT2D eigenvalue weighted by Crippen LogP contribution is 2.25. The molecule has 2 rings (SSSR count). The highest BCUT2D eigenvalue weighted by molar-refractivity contribution is 5.94. The summed E-state index contributed by atoms with van der Waals surface area (Å²) in [5.74, 6) is -1.20. The molecule has 22 heavy (non-hydrogen) atoms. The Balaban J connectivity index is 1.96. The zero-order valence-corrected chi connectivity index (χ0v) is 13.4. The lowest BCUT2D eigenvalue weighted by molar-refractivity contribution is -0.142. The summed E-state index contributed by atoms with van der Waals surface area (Å²) in [6.45, 7) is 6.91. The van der Waals surface area contributed by atoms with Crippen molar-refractivity contribution < 1.29 is 14.7 Å². The largest absolute Gasteiger partial charge is 0.481 e. The first-order chi connectivity index (χ1) is 10.4. The van der Waals surface area contributed by atoms with E-state index >= 15 is 0 Å². The van der Waals surface area contributed by atoms with Gasteiger partial charge in [0.2, 0.25) is 5.91 Å². The van der Waals surface area contributed by atoms with Gasteiger partial charge >= 0.3 is 5.97 Å². The molecule has 1 aromatic rings. The van der Waals surface area contributed by atoms with Gasteiger partial charge in [-0.05, 0) is 37.0 Å². The highest BCUT2D eigenvalue weighted by Gasteiger charge is 2.38. The van der Waals surface area contributed by atoms with Crippen molar-refractivity contribution in [3.63, 3.8) is 0 Å². The predicted molar refractivity (Wildman–Crippen MR) is 85.8 cm³/mol. The number of nitrogens with zero attached hydrogens (tertiary/aromatic N) is 1. The number of aryl methyl sites for hydroxylation is 1. The fourth-order valence-corrected chi connectivity index (χ4v) is 2.88. The lowest BCUT2D eigenvalue weighted by Crippen LogP contribution is -2.41. The van der Waals surface area contributed by atoms with Crippen LogP contribution in [-0.2, 0) is 16.0 Å². The first kappa shape index (κ1) is 16.5. The summed E-state index contributed by atoms with van der Waals surface area (Å²) in [5.41, 5.74) is 2.00. The molecule has 1 amide bonds. The third kappa shape index (κ3) is 3.65. The Kier molecular flexibility index (Phi) is 5.19. The first-order valence-corrected chi connectivity index (χ1v) is 7.79. The van der Waals surface area contributed by atoms with Crippen molar-refractivity contribution in [2.75, 3.05) is 18.4 Å². The summed E-state index contributed by atoms with van der Waals surface area (Å²) < 4.78 is 0. The number of aliphatic carboxylic acids is 1. The summed E-state index contributed by atoms with van der Waals surface area (Å²) in [4.78, 5) is 25.5. The van der Waals surface area contributed by atoms with E-state index in [4.69, 9.17) is 0 Å². The third-order valence-electron chi connectivity index (χ3n) is 4.51. The summed E-state index contributed by atoms with van der Waals surface area (Å²) in [6, 6.07) is 7.46. The van der Waals surface area contributed by atoms with Gasteiger partial charge in [0.05, 0.1) is 12.0 Å². The molecule has 0 spiro atoms. The van der Waals surface area contributed by atoms with Gasteiger partial charge < -0.3 is 10.4 Å². The number of carbonyl (C=O) groups excluding carboxylic acids is 1. The maximum Gasteiger partial charge on any atom is 0.308 e. The Hall–Kier alpha value is -1.88. The Bertz CT molecular complexity index is 541. The lowest BCUT2D eigenvalue weighted by Gasteiger charge is -2.23. The van der Waals surface area contributed by atoms with E-state index in [2.05, 4.69) is 12.2 Å². The second-order valence-electron chi connectivity index (χ2n) is 6.09. The molecular weight excluding hydrogens is 280 g/mol. The molecule has 1 fully saturated rings. The average molecular weight is 304 g/mol. The SMILES string of the molecule is CCc1ccc(NC(=O)C(C)N2C[C@@H](C)[C@H](C(=O)O)C2)cc1. The van der Waals surface area contributed by atoms with Crippen molar-refractivity contribution >= 4 is 17.6 Å². The average Bonchev–Trinajstić information content (AvgIpc) is 2.89. The Morgan fingerprint density at radius 3 is 2.45 bits per heavy atom. The minimum Gasteiger partial charge on any atom is -0.481 e. The summed E-state index contributed by atoms with van der Waals surface area (Å²) in [7, 11) is 0. The number of anilines is 1. The molecule has 3 atom stereocenters. The van der Waals surface area contributed by atoms with E-state index in [1.165, 1.54) is 5.56 Å². The van der Waals surface area contributed by atoms with Crippen LogP contribution < -0.4 is 5.32 Å². The Morgan fingerprint density at radius 1 is 1.32 bits per heavy atom. The van der Waals surface area contributed by atoms with E-state index in [-0.39, 0.29) is 23.8 Å². The number of amides is 1. The zero-order valence-electron chi connectivity index (χ0n) is 13.4. The van der Waals surface area contributed by atoms with Crippen LogP contribution in [0.3, 0.4) is 0 Å². The van der Waals surface area contributed by atoms with E-state index in [1.807, 2.05) is 43.0 Å². The van der Waals surface area contributed by atoms with Crippen LogP contribution in [0.1, 0.15) is 26.3 Å². The van der Waals surface area contributed by atoms with Gasteiger partial charge in [0, 0.05) is 18.8 Å². The maximum atomic E-state index is 12.3. The van der Waals surface area contributed by atoms with Crippen LogP contribution in [0.15, 0.2) is 24.3 Å². The topological polar surface area (TPSA) is 69.6 Å². The molecule has 0 radical (unpaired) electrons. The van der Waals surface area contributed by atoms with E-state index < -0.39 is 5.97 Å². The van der Waals surface area contributed by atoms with Crippen LogP contribution in [0.2, 0.25) is 0 Å². The van der Waals surface area contributed by atoms with Crippen molar-refractivity contribution in [3.8, 4) is 0 Å². The smallest absolute Gasteiger partial charge is 0.308 e. The number of benzene rings is 1. The second kappa shape index (κ2) is 6.92. The van der Waals surface area contributed by atoms with Gasteiger partial charge in [-0.25, -0.2) is 0 Å². The van der Waals surface area contributed by atoms with Gasteiger partial charge in [-0.15, -0.1) is 0 Å². The Labute approximate surface area is 131 Å². The monoisotopic (exact) mass is 304 g/mol. The van der Waals surface area contributed by atoms with E-state index in [0.717, 1.165) is 12.1 Å². The number of hydrogen-bond acceptors (Lipinski definition) is 3. The van der Waals surface area contributed by atoms with Gasteiger partial charge in [0.1, 0.15) is 0 Å². The molecule has 0 bridgehead atoms. The molecule has 1 aromatic carbocycles.